The molecule has 0 radical (unpaired) electrons. The molecule has 1 aromatic carbocycles. The number of unbranched alkanes of at least 4 members (excludes halogenated alkanes) is 1. The second-order valence-corrected chi connectivity index (χ2v) is 8.42. The minimum atomic E-state index is -0.383. The number of nitrogens with zero attached hydrogens (tertiary/aromatic N) is 3. The van der Waals surface area contributed by atoms with Crippen LogP contribution in [0.4, 0.5) is 0 Å². The van der Waals surface area contributed by atoms with Gasteiger partial charge >= 0.3 is 5.97 Å². The van der Waals surface area contributed by atoms with Gasteiger partial charge in [0.25, 0.3) is 5.56 Å². The Bertz CT molecular complexity index is 1060. The average Bonchev–Trinajstić information content (AvgIpc) is 2.88. The molecule has 2 heterocycles. The highest BCUT2D eigenvalue weighted by Gasteiger charge is 2.28. The van der Waals surface area contributed by atoms with Crippen molar-refractivity contribution in [2.24, 2.45) is 5.92 Å². The number of hydrogen-bond donors (Lipinski definition) is 1. The fraction of sp³-hybridized carbons (Fsp3) is 0.560. The van der Waals surface area contributed by atoms with Crippen LogP contribution in [0, 0.1) is 5.92 Å². The highest BCUT2D eigenvalue weighted by molar-refractivity contribution is 5.77. The highest BCUT2D eigenvalue weighted by Crippen LogP contribution is 2.31. The largest absolute Gasteiger partial charge is 0.493 e. The van der Waals surface area contributed by atoms with Crippen LogP contribution in [0.1, 0.15) is 51.6 Å². The Kier molecular flexibility index (Phi) is 9.63. The fourth-order valence-electron chi connectivity index (χ4n) is 3.92. The summed E-state index contributed by atoms with van der Waals surface area (Å²) in [5.41, 5.74) is 0.461. The molecule has 0 atom stereocenters. The first-order chi connectivity index (χ1) is 17.0. The molecule has 1 aliphatic rings. The van der Waals surface area contributed by atoms with E-state index < -0.39 is 0 Å². The van der Waals surface area contributed by atoms with Gasteiger partial charge in [0.15, 0.2) is 17.3 Å². The van der Waals surface area contributed by atoms with E-state index in [9.17, 15) is 14.4 Å². The predicted molar refractivity (Wildman–Crippen MR) is 129 cm³/mol. The number of likely N-dealkylation sites (tertiary alicyclic amines) is 1. The van der Waals surface area contributed by atoms with Crippen molar-refractivity contribution >= 4 is 11.9 Å². The number of esters is 1. The number of rotatable bonds is 11. The number of nitrogens with one attached hydrogen (secondary N) is 1. The number of piperidine rings is 1. The van der Waals surface area contributed by atoms with Crippen LogP contribution >= 0.6 is 0 Å². The maximum atomic E-state index is 12.6. The van der Waals surface area contributed by atoms with Crippen LogP contribution in [0.25, 0.3) is 11.4 Å². The van der Waals surface area contributed by atoms with Gasteiger partial charge in [-0.1, -0.05) is 13.3 Å². The number of aryl methyl sites for hydroxylation is 1. The zero-order valence-corrected chi connectivity index (χ0v) is 20.7. The van der Waals surface area contributed by atoms with Crippen LogP contribution in [0.2, 0.25) is 0 Å². The maximum absolute atomic E-state index is 12.6. The number of hydrogen-bond acceptors (Lipinski definition) is 8. The van der Waals surface area contributed by atoms with Gasteiger partial charge in [0.2, 0.25) is 5.91 Å². The summed E-state index contributed by atoms with van der Waals surface area (Å²) in [7, 11) is 1.56. The molecular weight excluding hydrogens is 452 g/mol. The van der Waals surface area contributed by atoms with E-state index in [0.717, 1.165) is 12.8 Å². The maximum Gasteiger partial charge on any atom is 0.309 e. The molecule has 1 amide bonds. The van der Waals surface area contributed by atoms with E-state index in [0.29, 0.717) is 62.0 Å². The third kappa shape index (κ3) is 7.03. The summed E-state index contributed by atoms with van der Waals surface area (Å²) in [5.74, 6) is 1.06. The third-order valence-electron chi connectivity index (χ3n) is 6.00. The topological polar surface area (TPSA) is 124 Å². The molecule has 1 fully saturated rings. The standard InChI is InChI=1S/C25H34N4O6/c1-4-6-15-35-20-9-7-18(16-21(20)33-3)23-26-24(31)19(27-28-23)8-10-22(30)29-13-11-17(12-14-29)25(32)34-5-2/h7,9,16-17H,4-6,8,10-15H2,1-3H3,(H,26,28,31). The summed E-state index contributed by atoms with van der Waals surface area (Å²) in [6.07, 6.45) is 3.49. The van der Waals surface area contributed by atoms with Crippen molar-refractivity contribution in [1.29, 1.82) is 0 Å². The van der Waals surface area contributed by atoms with Crippen LogP contribution in [0.3, 0.4) is 0 Å². The smallest absolute Gasteiger partial charge is 0.309 e. The van der Waals surface area contributed by atoms with Crippen molar-refractivity contribution < 1.29 is 23.8 Å². The van der Waals surface area contributed by atoms with Crippen molar-refractivity contribution in [3.05, 3.63) is 34.2 Å². The third-order valence-corrected chi connectivity index (χ3v) is 6.00. The summed E-state index contributed by atoms with van der Waals surface area (Å²) in [4.78, 5) is 41.5. The number of aromatic amines is 1. The van der Waals surface area contributed by atoms with Crippen LogP contribution < -0.4 is 15.0 Å². The number of methoxy groups -OCH3 is 1. The first-order valence-electron chi connectivity index (χ1n) is 12.2. The molecular formula is C25H34N4O6. The second kappa shape index (κ2) is 12.9. The van der Waals surface area contributed by atoms with E-state index in [-0.39, 0.29) is 41.9 Å². The summed E-state index contributed by atoms with van der Waals surface area (Å²) < 4.78 is 16.2. The molecule has 1 N–H and O–H groups in total. The van der Waals surface area contributed by atoms with E-state index in [1.807, 2.05) is 0 Å². The zero-order valence-electron chi connectivity index (χ0n) is 20.7. The second-order valence-electron chi connectivity index (χ2n) is 8.42. The Labute approximate surface area is 205 Å². The predicted octanol–water partition coefficient (Wildman–Crippen LogP) is 2.75. The van der Waals surface area contributed by atoms with Crippen molar-refractivity contribution in [3.8, 4) is 22.9 Å². The van der Waals surface area contributed by atoms with Crippen LogP contribution in [-0.2, 0) is 20.7 Å². The number of amides is 1. The SMILES string of the molecule is CCCCOc1ccc(-c2nnc(CCC(=O)N3CCC(C(=O)OCC)CC3)c(=O)[nH]2)cc1OC. The molecule has 1 aliphatic heterocycles. The van der Waals surface area contributed by atoms with E-state index >= 15 is 0 Å². The molecule has 10 heteroatoms. The van der Waals surface area contributed by atoms with Gasteiger partial charge in [-0.05, 0) is 44.4 Å². The van der Waals surface area contributed by atoms with Gasteiger partial charge in [-0.15, -0.1) is 10.2 Å². The van der Waals surface area contributed by atoms with Crippen molar-refractivity contribution in [2.75, 3.05) is 33.4 Å². The number of benzene rings is 1. The Morgan fingerprint density at radius 3 is 2.57 bits per heavy atom. The molecule has 0 aliphatic carbocycles. The summed E-state index contributed by atoms with van der Waals surface area (Å²) in [6, 6.07) is 5.30. The fourth-order valence-corrected chi connectivity index (χ4v) is 3.92. The average molecular weight is 487 g/mol. The molecule has 10 nitrogen and oxygen atoms in total. The molecule has 1 aromatic heterocycles. The van der Waals surface area contributed by atoms with Crippen molar-refractivity contribution in [3.63, 3.8) is 0 Å². The van der Waals surface area contributed by atoms with E-state index in [4.69, 9.17) is 14.2 Å². The molecule has 3 rings (SSSR count). The lowest BCUT2D eigenvalue weighted by Crippen LogP contribution is -2.40. The normalized spacial score (nSPS) is 14.0. The van der Waals surface area contributed by atoms with Crippen LogP contribution in [-0.4, -0.2) is 65.4 Å². The van der Waals surface area contributed by atoms with E-state index in [1.54, 1.807) is 37.1 Å². The van der Waals surface area contributed by atoms with Crippen molar-refractivity contribution in [2.45, 2.75) is 52.4 Å². The summed E-state index contributed by atoms with van der Waals surface area (Å²) >= 11 is 0. The highest BCUT2D eigenvalue weighted by atomic mass is 16.5. The van der Waals surface area contributed by atoms with Gasteiger partial charge in [0.1, 0.15) is 5.69 Å². The lowest BCUT2D eigenvalue weighted by molar-refractivity contribution is -0.151. The number of ether oxygens (including phenoxy) is 3. The molecule has 190 valence electrons. The molecule has 0 spiro atoms. The molecule has 2 aromatic rings. The minimum absolute atomic E-state index is 0.0685. The number of carbonyl (C=O) groups excluding carboxylic acids is 2. The van der Waals surface area contributed by atoms with Crippen molar-refractivity contribution in [1.82, 2.24) is 20.1 Å². The Morgan fingerprint density at radius 2 is 1.91 bits per heavy atom. The van der Waals surface area contributed by atoms with Gasteiger partial charge in [0, 0.05) is 31.5 Å². The monoisotopic (exact) mass is 486 g/mol. The molecule has 0 bridgehead atoms. The Balaban J connectivity index is 1.57. The number of carbonyl (C=O) groups is 2. The Morgan fingerprint density at radius 1 is 1.14 bits per heavy atom. The summed E-state index contributed by atoms with van der Waals surface area (Å²) in [6.45, 7) is 5.84. The van der Waals surface area contributed by atoms with E-state index in [2.05, 4.69) is 22.1 Å². The van der Waals surface area contributed by atoms with Gasteiger partial charge < -0.3 is 24.1 Å². The van der Waals surface area contributed by atoms with E-state index in [1.165, 1.54) is 0 Å². The van der Waals surface area contributed by atoms with Gasteiger partial charge in [-0.25, -0.2) is 0 Å². The van der Waals surface area contributed by atoms with Gasteiger partial charge in [0.05, 0.1) is 26.2 Å². The van der Waals surface area contributed by atoms with Crippen LogP contribution in [0.5, 0.6) is 11.5 Å². The lowest BCUT2D eigenvalue weighted by atomic mass is 9.96. The first-order valence-corrected chi connectivity index (χ1v) is 12.2. The zero-order chi connectivity index (χ0) is 25.2. The van der Waals surface area contributed by atoms with Gasteiger partial charge in [-0.2, -0.15) is 0 Å². The molecule has 0 unspecified atom stereocenters. The quantitative estimate of drug-likeness (QED) is 0.380. The summed E-state index contributed by atoms with van der Waals surface area (Å²) in [5, 5.41) is 8.22. The van der Waals surface area contributed by atoms with Crippen LogP contribution in [0.15, 0.2) is 23.0 Å². The molecule has 1 saturated heterocycles. The first kappa shape index (κ1) is 26.2. The lowest BCUT2D eigenvalue weighted by Gasteiger charge is -2.30. The van der Waals surface area contributed by atoms with Gasteiger partial charge in [-0.3, -0.25) is 14.4 Å². The number of aromatic nitrogens is 3. The molecule has 0 saturated carbocycles. The molecule has 35 heavy (non-hydrogen) atoms. The minimum Gasteiger partial charge on any atom is -0.493 e. The Hall–Kier alpha value is -3.43. The number of H-pyrrole nitrogens is 1.